The largest absolute Gasteiger partial charge is 0.388 e. The number of nitrogens with zero attached hydrogens (tertiary/aromatic N) is 1. The van der Waals surface area contributed by atoms with E-state index in [-0.39, 0.29) is 17.8 Å². The Morgan fingerprint density at radius 3 is 2.22 bits per heavy atom. The molecule has 2 N–H and O–H groups in total. The molecule has 3 atom stereocenters. The molecule has 1 saturated heterocycles. The minimum absolute atomic E-state index is 0.292. The number of carbonyl (C=O) groups excluding carboxylic acids is 1. The molecule has 1 aliphatic heterocycles. The molecule has 0 aromatic heterocycles. The Kier molecular flexibility index (Phi) is 6.35. The molecule has 0 bridgehead atoms. The summed E-state index contributed by atoms with van der Waals surface area (Å²) < 4.78 is 26.7. The minimum atomic E-state index is -1.16. The van der Waals surface area contributed by atoms with Crippen LogP contribution in [0.15, 0.2) is 78.9 Å². The Bertz CT molecular complexity index is 1050. The Balaban J connectivity index is 1.67. The second kappa shape index (κ2) is 9.18. The van der Waals surface area contributed by atoms with Crippen molar-refractivity contribution in [3.8, 4) is 0 Å². The fourth-order valence-electron chi connectivity index (χ4n) is 4.33. The van der Waals surface area contributed by atoms with Crippen LogP contribution in [-0.2, 0) is 6.54 Å². The summed E-state index contributed by atoms with van der Waals surface area (Å²) in [6.07, 6.45) is 0.450. The number of benzene rings is 3. The molecule has 0 radical (unpaired) electrons. The van der Waals surface area contributed by atoms with E-state index in [1.807, 2.05) is 30.3 Å². The van der Waals surface area contributed by atoms with Crippen LogP contribution in [0.4, 0.5) is 8.78 Å². The van der Waals surface area contributed by atoms with E-state index >= 15 is 0 Å². The molecular weight excluding hydrogens is 410 g/mol. The molecule has 0 saturated carbocycles. The van der Waals surface area contributed by atoms with E-state index < -0.39 is 17.5 Å². The number of rotatable bonds is 5. The molecule has 166 valence electrons. The summed E-state index contributed by atoms with van der Waals surface area (Å²) in [5, 5.41) is 14.3. The van der Waals surface area contributed by atoms with Gasteiger partial charge in [-0.25, -0.2) is 8.78 Å². The van der Waals surface area contributed by atoms with E-state index in [0.29, 0.717) is 25.1 Å². The first-order valence-corrected chi connectivity index (χ1v) is 10.7. The number of nitrogens with one attached hydrogen (secondary N) is 1. The van der Waals surface area contributed by atoms with E-state index in [9.17, 15) is 18.7 Å². The van der Waals surface area contributed by atoms with Gasteiger partial charge in [-0.2, -0.15) is 0 Å². The highest BCUT2D eigenvalue weighted by Gasteiger charge is 2.46. The number of halogens is 2. The lowest BCUT2D eigenvalue weighted by molar-refractivity contribution is -0.0664. The third kappa shape index (κ3) is 4.87. The number of aliphatic hydroxyl groups is 1. The monoisotopic (exact) mass is 436 g/mol. The van der Waals surface area contributed by atoms with Crippen molar-refractivity contribution in [1.82, 2.24) is 10.2 Å². The molecule has 4 rings (SSSR count). The number of amides is 1. The smallest absolute Gasteiger partial charge is 0.251 e. The van der Waals surface area contributed by atoms with Crippen LogP contribution in [0.2, 0.25) is 0 Å². The van der Waals surface area contributed by atoms with Gasteiger partial charge in [0.25, 0.3) is 5.91 Å². The molecule has 6 heteroatoms. The molecule has 32 heavy (non-hydrogen) atoms. The molecule has 0 spiro atoms. The Hall–Kier alpha value is -3.09. The first-order chi connectivity index (χ1) is 15.3. The van der Waals surface area contributed by atoms with Gasteiger partial charge in [-0.3, -0.25) is 9.69 Å². The summed E-state index contributed by atoms with van der Waals surface area (Å²) >= 11 is 0. The van der Waals surface area contributed by atoms with E-state index in [1.54, 1.807) is 19.1 Å². The van der Waals surface area contributed by atoms with Crippen molar-refractivity contribution in [2.45, 2.75) is 37.6 Å². The first kappa shape index (κ1) is 22.1. The highest BCUT2D eigenvalue weighted by Crippen LogP contribution is 2.38. The summed E-state index contributed by atoms with van der Waals surface area (Å²) in [6.45, 7) is 2.87. The van der Waals surface area contributed by atoms with Crippen LogP contribution in [0.25, 0.3) is 0 Å². The summed E-state index contributed by atoms with van der Waals surface area (Å²) in [4.78, 5) is 15.2. The van der Waals surface area contributed by atoms with Gasteiger partial charge >= 0.3 is 0 Å². The SMILES string of the molecule is C[C@@]1(O)CCN(Cc2ccc(F)cc2)[C@@H](c2ccccc2)[C@@H]1NC(=O)c1ccc(F)cc1. The average molecular weight is 437 g/mol. The quantitative estimate of drug-likeness (QED) is 0.621. The van der Waals surface area contributed by atoms with Gasteiger partial charge in [-0.1, -0.05) is 42.5 Å². The van der Waals surface area contributed by atoms with Crippen molar-refractivity contribution < 1.29 is 18.7 Å². The van der Waals surface area contributed by atoms with Crippen molar-refractivity contribution >= 4 is 5.91 Å². The highest BCUT2D eigenvalue weighted by atomic mass is 19.1. The van der Waals surface area contributed by atoms with Crippen LogP contribution in [0, 0.1) is 11.6 Å². The molecule has 3 aromatic rings. The fourth-order valence-corrected chi connectivity index (χ4v) is 4.33. The van der Waals surface area contributed by atoms with E-state index in [2.05, 4.69) is 10.2 Å². The fraction of sp³-hybridized carbons (Fsp3) is 0.269. The Labute approximate surface area is 186 Å². The number of likely N-dealkylation sites (tertiary alicyclic amines) is 1. The van der Waals surface area contributed by atoms with Crippen molar-refractivity contribution in [1.29, 1.82) is 0 Å². The number of piperidine rings is 1. The molecule has 3 aromatic carbocycles. The molecule has 1 heterocycles. The van der Waals surface area contributed by atoms with Crippen LogP contribution in [-0.4, -0.2) is 34.1 Å². The number of carbonyl (C=O) groups is 1. The Morgan fingerprint density at radius 2 is 1.59 bits per heavy atom. The highest BCUT2D eigenvalue weighted by molar-refractivity contribution is 5.94. The zero-order chi connectivity index (χ0) is 22.7. The molecule has 1 aliphatic rings. The third-order valence-corrected chi connectivity index (χ3v) is 6.12. The summed E-state index contributed by atoms with van der Waals surface area (Å²) in [5.74, 6) is -1.09. The van der Waals surface area contributed by atoms with Crippen molar-refractivity contribution in [3.05, 3.63) is 107 Å². The molecule has 4 nitrogen and oxygen atoms in total. The van der Waals surface area contributed by atoms with Crippen LogP contribution >= 0.6 is 0 Å². The molecule has 0 unspecified atom stereocenters. The van der Waals surface area contributed by atoms with E-state index in [1.165, 1.54) is 36.4 Å². The van der Waals surface area contributed by atoms with Gasteiger partial charge in [0.2, 0.25) is 0 Å². The van der Waals surface area contributed by atoms with Crippen LogP contribution in [0.3, 0.4) is 0 Å². The van der Waals surface area contributed by atoms with Crippen LogP contribution < -0.4 is 5.32 Å². The number of hydrogen-bond acceptors (Lipinski definition) is 3. The third-order valence-electron chi connectivity index (χ3n) is 6.12. The molecule has 1 fully saturated rings. The van der Waals surface area contributed by atoms with Crippen LogP contribution in [0.1, 0.15) is 40.9 Å². The first-order valence-electron chi connectivity index (χ1n) is 10.7. The molecule has 1 amide bonds. The zero-order valence-corrected chi connectivity index (χ0v) is 17.8. The van der Waals surface area contributed by atoms with Gasteiger partial charge < -0.3 is 10.4 Å². The van der Waals surface area contributed by atoms with Gasteiger partial charge in [-0.05, 0) is 60.9 Å². The minimum Gasteiger partial charge on any atom is -0.388 e. The molecular formula is C26H26F2N2O2. The Morgan fingerprint density at radius 1 is 1.00 bits per heavy atom. The van der Waals surface area contributed by atoms with Gasteiger partial charge in [-0.15, -0.1) is 0 Å². The summed E-state index contributed by atoms with van der Waals surface area (Å²) in [7, 11) is 0. The standard InChI is InChI=1S/C26H26F2N2O2/c1-26(32)15-16-30(17-18-7-11-21(27)12-8-18)23(19-5-3-2-4-6-19)24(26)29-25(31)20-9-13-22(28)14-10-20/h2-14,23-24,32H,15-17H2,1H3,(H,29,31)/t23-,24-,26+/m0/s1. The van der Waals surface area contributed by atoms with Gasteiger partial charge in [0.05, 0.1) is 17.7 Å². The van der Waals surface area contributed by atoms with E-state index in [0.717, 1.165) is 11.1 Å². The molecule has 0 aliphatic carbocycles. The average Bonchev–Trinajstić information content (AvgIpc) is 2.78. The predicted molar refractivity (Wildman–Crippen MR) is 119 cm³/mol. The lowest BCUT2D eigenvalue weighted by atomic mass is 9.79. The maximum absolute atomic E-state index is 13.4. The topological polar surface area (TPSA) is 52.6 Å². The summed E-state index contributed by atoms with van der Waals surface area (Å²) in [5.41, 5.74) is 1.07. The van der Waals surface area contributed by atoms with Crippen molar-refractivity contribution in [2.24, 2.45) is 0 Å². The van der Waals surface area contributed by atoms with Crippen LogP contribution in [0.5, 0.6) is 0 Å². The second-order valence-corrected chi connectivity index (χ2v) is 8.52. The normalized spacial score (nSPS) is 23.6. The van der Waals surface area contributed by atoms with Gasteiger partial charge in [0.15, 0.2) is 0 Å². The van der Waals surface area contributed by atoms with E-state index in [4.69, 9.17) is 0 Å². The zero-order valence-electron chi connectivity index (χ0n) is 17.8. The predicted octanol–water partition coefficient (Wildman–Crippen LogP) is 4.46. The maximum Gasteiger partial charge on any atom is 0.251 e. The van der Waals surface area contributed by atoms with Gasteiger partial charge in [0.1, 0.15) is 11.6 Å². The number of hydrogen-bond donors (Lipinski definition) is 2. The lowest BCUT2D eigenvalue weighted by Gasteiger charge is -2.49. The van der Waals surface area contributed by atoms with Gasteiger partial charge in [0, 0.05) is 18.7 Å². The van der Waals surface area contributed by atoms with Crippen molar-refractivity contribution in [3.63, 3.8) is 0 Å². The summed E-state index contributed by atoms with van der Waals surface area (Å²) in [6, 6.07) is 20.5. The maximum atomic E-state index is 13.4. The van der Waals surface area contributed by atoms with Crippen molar-refractivity contribution in [2.75, 3.05) is 6.54 Å². The lowest BCUT2D eigenvalue weighted by Crippen LogP contribution is -2.62. The second-order valence-electron chi connectivity index (χ2n) is 8.52.